The van der Waals surface area contributed by atoms with E-state index in [1.54, 1.807) is 4.90 Å². The Morgan fingerprint density at radius 3 is 2.67 bits per heavy atom. The van der Waals surface area contributed by atoms with E-state index in [4.69, 9.17) is 0 Å². The van der Waals surface area contributed by atoms with Crippen LogP contribution in [-0.2, 0) is 11.2 Å². The third-order valence-electron chi connectivity index (χ3n) is 5.54. The van der Waals surface area contributed by atoms with Crippen LogP contribution in [0, 0.1) is 0 Å². The molecular formula is C21H28N6O2S. The van der Waals surface area contributed by atoms with Crippen molar-refractivity contribution in [3.63, 3.8) is 0 Å². The third kappa shape index (κ3) is 5.16. The Kier molecular flexibility index (Phi) is 6.61. The van der Waals surface area contributed by atoms with E-state index in [0.29, 0.717) is 23.9 Å². The van der Waals surface area contributed by atoms with Crippen LogP contribution in [0.5, 0.6) is 0 Å². The van der Waals surface area contributed by atoms with Gasteiger partial charge >= 0.3 is 6.03 Å². The SMILES string of the molecule is CN1CCN(CC(NC(=O)Cc2csc(N3CCNC3=O)n2)c2ccccc2)CC1. The van der Waals surface area contributed by atoms with E-state index in [1.165, 1.54) is 11.3 Å². The zero-order valence-corrected chi connectivity index (χ0v) is 18.0. The van der Waals surface area contributed by atoms with Crippen LogP contribution < -0.4 is 15.5 Å². The van der Waals surface area contributed by atoms with Crippen molar-refractivity contribution in [1.82, 2.24) is 25.4 Å². The minimum absolute atomic E-state index is 0.0549. The summed E-state index contributed by atoms with van der Waals surface area (Å²) < 4.78 is 0. The average molecular weight is 429 g/mol. The zero-order chi connectivity index (χ0) is 20.9. The number of piperazine rings is 1. The van der Waals surface area contributed by atoms with Crippen molar-refractivity contribution in [3.8, 4) is 0 Å². The van der Waals surface area contributed by atoms with E-state index in [0.717, 1.165) is 38.3 Å². The van der Waals surface area contributed by atoms with Crippen molar-refractivity contribution in [2.45, 2.75) is 12.5 Å². The molecule has 2 N–H and O–H groups in total. The number of hydrogen-bond donors (Lipinski definition) is 2. The molecule has 9 heteroatoms. The van der Waals surface area contributed by atoms with Crippen LogP contribution in [0.4, 0.5) is 9.93 Å². The van der Waals surface area contributed by atoms with E-state index in [2.05, 4.69) is 44.6 Å². The summed E-state index contributed by atoms with van der Waals surface area (Å²) in [5.41, 5.74) is 1.80. The van der Waals surface area contributed by atoms with Gasteiger partial charge in [0.05, 0.1) is 18.2 Å². The van der Waals surface area contributed by atoms with Crippen LogP contribution >= 0.6 is 11.3 Å². The highest BCUT2D eigenvalue weighted by atomic mass is 32.1. The first-order valence-corrected chi connectivity index (χ1v) is 11.2. The van der Waals surface area contributed by atoms with E-state index in [1.807, 2.05) is 23.6 Å². The molecule has 3 heterocycles. The number of rotatable bonds is 7. The number of amides is 3. The second kappa shape index (κ2) is 9.55. The lowest BCUT2D eigenvalue weighted by Gasteiger charge is -2.35. The number of carbonyl (C=O) groups excluding carboxylic acids is 2. The van der Waals surface area contributed by atoms with Crippen molar-refractivity contribution in [2.24, 2.45) is 0 Å². The van der Waals surface area contributed by atoms with E-state index in [-0.39, 0.29) is 24.4 Å². The van der Waals surface area contributed by atoms with Crippen molar-refractivity contribution in [3.05, 3.63) is 47.0 Å². The van der Waals surface area contributed by atoms with Crippen molar-refractivity contribution >= 4 is 28.4 Å². The predicted octanol–water partition coefficient (Wildman–Crippen LogP) is 1.32. The minimum Gasteiger partial charge on any atom is -0.348 e. The molecule has 1 aromatic carbocycles. The fourth-order valence-electron chi connectivity index (χ4n) is 3.77. The van der Waals surface area contributed by atoms with Gasteiger partial charge in [-0.05, 0) is 12.6 Å². The topological polar surface area (TPSA) is 80.8 Å². The number of likely N-dealkylation sites (N-methyl/N-ethyl adjacent to an activating group) is 1. The first kappa shape index (κ1) is 20.8. The smallest absolute Gasteiger partial charge is 0.323 e. The van der Waals surface area contributed by atoms with E-state index in [9.17, 15) is 9.59 Å². The van der Waals surface area contributed by atoms with Gasteiger partial charge in [0.25, 0.3) is 0 Å². The molecule has 0 bridgehead atoms. The molecule has 2 fully saturated rings. The van der Waals surface area contributed by atoms with E-state index >= 15 is 0 Å². The molecule has 2 aliphatic heterocycles. The van der Waals surface area contributed by atoms with Gasteiger partial charge in [-0.1, -0.05) is 30.3 Å². The quantitative estimate of drug-likeness (QED) is 0.695. The molecule has 8 nitrogen and oxygen atoms in total. The molecule has 2 aromatic rings. The number of aromatic nitrogens is 1. The van der Waals surface area contributed by atoms with Crippen molar-refractivity contribution in [1.29, 1.82) is 0 Å². The number of urea groups is 1. The number of hydrogen-bond acceptors (Lipinski definition) is 6. The van der Waals surface area contributed by atoms with Crippen LogP contribution in [0.25, 0.3) is 0 Å². The Morgan fingerprint density at radius 2 is 1.97 bits per heavy atom. The highest BCUT2D eigenvalue weighted by Gasteiger charge is 2.25. The zero-order valence-electron chi connectivity index (χ0n) is 17.2. The lowest BCUT2D eigenvalue weighted by atomic mass is 10.1. The number of nitrogens with one attached hydrogen (secondary N) is 2. The molecule has 3 amide bonds. The average Bonchev–Trinajstić information content (AvgIpc) is 3.38. The Labute approximate surface area is 180 Å². The first-order valence-electron chi connectivity index (χ1n) is 10.3. The summed E-state index contributed by atoms with van der Waals surface area (Å²) in [7, 11) is 2.14. The maximum absolute atomic E-state index is 12.8. The van der Waals surface area contributed by atoms with Crippen LogP contribution in [0.15, 0.2) is 35.7 Å². The molecule has 2 saturated heterocycles. The molecule has 4 rings (SSSR count). The number of thiazole rings is 1. The summed E-state index contributed by atoms with van der Waals surface area (Å²) in [5.74, 6) is -0.0549. The summed E-state index contributed by atoms with van der Waals surface area (Å²) in [6.07, 6.45) is 0.206. The number of carbonyl (C=O) groups is 2. The standard InChI is InChI=1S/C21H28N6O2S/c1-25-9-11-26(12-10-25)14-18(16-5-3-2-4-6-16)24-19(28)13-17-15-30-21(23-17)27-8-7-22-20(27)29/h2-6,15,18H,7-14H2,1H3,(H,22,29)(H,24,28). The molecule has 0 spiro atoms. The summed E-state index contributed by atoms with van der Waals surface area (Å²) >= 11 is 1.40. The minimum atomic E-state index is -0.128. The fraction of sp³-hybridized carbons (Fsp3) is 0.476. The monoisotopic (exact) mass is 428 g/mol. The van der Waals surface area contributed by atoms with Gasteiger partial charge in [-0.3, -0.25) is 14.6 Å². The number of anilines is 1. The summed E-state index contributed by atoms with van der Waals surface area (Å²) in [6.45, 7) is 6.12. The Balaban J connectivity index is 1.39. The largest absolute Gasteiger partial charge is 0.348 e. The van der Waals surface area contributed by atoms with Gasteiger partial charge in [-0.2, -0.15) is 0 Å². The summed E-state index contributed by atoms with van der Waals surface area (Å²) in [4.78, 5) is 35.5. The maximum atomic E-state index is 12.8. The van der Waals surface area contributed by atoms with Gasteiger partial charge in [0.2, 0.25) is 5.91 Å². The number of benzene rings is 1. The second-order valence-electron chi connectivity index (χ2n) is 7.82. The maximum Gasteiger partial charge on any atom is 0.323 e. The molecule has 160 valence electrons. The lowest BCUT2D eigenvalue weighted by molar-refractivity contribution is -0.121. The van der Waals surface area contributed by atoms with Gasteiger partial charge in [-0.25, -0.2) is 9.78 Å². The Hall–Kier alpha value is -2.49. The molecule has 1 atom stereocenters. The summed E-state index contributed by atoms with van der Waals surface area (Å²) in [6, 6.07) is 9.94. The van der Waals surface area contributed by atoms with Gasteiger partial charge in [0.15, 0.2) is 5.13 Å². The molecule has 1 aromatic heterocycles. The van der Waals surface area contributed by atoms with Gasteiger partial charge in [0.1, 0.15) is 0 Å². The van der Waals surface area contributed by atoms with E-state index < -0.39 is 0 Å². The van der Waals surface area contributed by atoms with Crippen molar-refractivity contribution < 1.29 is 9.59 Å². The first-order chi connectivity index (χ1) is 14.6. The van der Waals surface area contributed by atoms with Crippen LogP contribution in [0.2, 0.25) is 0 Å². The molecule has 1 unspecified atom stereocenters. The Morgan fingerprint density at radius 1 is 1.20 bits per heavy atom. The molecule has 0 saturated carbocycles. The van der Waals surface area contributed by atoms with Crippen LogP contribution in [0.3, 0.4) is 0 Å². The predicted molar refractivity (Wildman–Crippen MR) is 118 cm³/mol. The van der Waals surface area contributed by atoms with Crippen molar-refractivity contribution in [2.75, 3.05) is 57.8 Å². The van der Waals surface area contributed by atoms with Gasteiger partial charge in [-0.15, -0.1) is 11.3 Å². The third-order valence-corrected chi connectivity index (χ3v) is 6.46. The molecule has 2 aliphatic rings. The molecular weight excluding hydrogens is 400 g/mol. The molecule has 30 heavy (non-hydrogen) atoms. The molecule has 0 aliphatic carbocycles. The van der Waals surface area contributed by atoms with Gasteiger partial charge in [0, 0.05) is 51.2 Å². The highest BCUT2D eigenvalue weighted by molar-refractivity contribution is 7.14. The number of nitrogens with zero attached hydrogens (tertiary/aromatic N) is 4. The fourth-order valence-corrected chi connectivity index (χ4v) is 4.62. The Bertz CT molecular complexity index is 865. The lowest BCUT2D eigenvalue weighted by Crippen LogP contribution is -2.48. The van der Waals surface area contributed by atoms with Gasteiger partial charge < -0.3 is 15.5 Å². The van der Waals surface area contributed by atoms with Crippen LogP contribution in [-0.4, -0.2) is 79.6 Å². The van der Waals surface area contributed by atoms with Crippen LogP contribution in [0.1, 0.15) is 17.3 Å². The summed E-state index contributed by atoms with van der Waals surface area (Å²) in [5, 5.41) is 8.48. The second-order valence-corrected chi connectivity index (χ2v) is 8.65. The normalized spacial score (nSPS) is 19.0. The molecule has 0 radical (unpaired) electrons. The highest BCUT2D eigenvalue weighted by Crippen LogP contribution is 2.22.